The summed E-state index contributed by atoms with van der Waals surface area (Å²) < 4.78 is 21.0. The molecule has 3 heterocycles. The highest BCUT2D eigenvalue weighted by Gasteiger charge is 3.08. The van der Waals surface area contributed by atoms with E-state index < -0.39 is 11.7 Å². The van der Waals surface area contributed by atoms with Crippen LogP contribution >= 0.6 is 0 Å². The van der Waals surface area contributed by atoms with Gasteiger partial charge in [0.15, 0.2) is 18.1 Å². The number of halogens is 1. The molecule has 3 amide bonds. The monoisotopic (exact) mass is 514 g/mol. The van der Waals surface area contributed by atoms with E-state index in [2.05, 4.69) is 33.0 Å². The second kappa shape index (κ2) is 6.33. The summed E-state index contributed by atoms with van der Waals surface area (Å²) in [6.45, 7) is 3.15. The van der Waals surface area contributed by atoms with Crippen LogP contribution in [0.4, 0.5) is 10.1 Å². The molecule has 2 aromatic heterocycles. The molecule has 1 aromatic carbocycles. The summed E-state index contributed by atoms with van der Waals surface area (Å²) in [6, 6.07) is 6.55. The molecule has 10 nitrogen and oxygen atoms in total. The Kier molecular flexibility index (Phi) is 3.50. The van der Waals surface area contributed by atoms with Crippen LogP contribution in [0.15, 0.2) is 30.5 Å². The van der Waals surface area contributed by atoms with Crippen LogP contribution in [-0.2, 0) is 11.3 Å². The molecule has 192 valence electrons. The Morgan fingerprint density at radius 1 is 1.13 bits per heavy atom. The molecule has 1 aliphatic heterocycles. The Hall–Kier alpha value is -4.02. The second-order valence-electron chi connectivity index (χ2n) is 11.9. The molecule has 11 heteroatoms. The van der Waals surface area contributed by atoms with Gasteiger partial charge in [0, 0.05) is 19.2 Å². The van der Waals surface area contributed by atoms with Gasteiger partial charge in [-0.15, -0.1) is 0 Å². The van der Waals surface area contributed by atoms with Crippen LogP contribution < -0.4 is 20.7 Å². The predicted octanol–water partition coefficient (Wildman–Crippen LogP) is 1.62. The molecule has 0 unspecified atom stereocenters. The lowest BCUT2D eigenvalue weighted by Gasteiger charge is -3.11. The highest BCUT2D eigenvalue weighted by molar-refractivity contribution is 5.98. The first-order valence-corrected chi connectivity index (χ1v) is 13.0. The van der Waals surface area contributed by atoms with E-state index in [1.54, 1.807) is 18.2 Å². The SMILES string of the molecule is CC12C3C4C1C1C2C3C41CNC(=O)c1cc(C(=O)NCc2ccc3c(c2)NC(=O)CO3)nc2c(F)cnn12. The highest BCUT2D eigenvalue weighted by atomic mass is 19.1. The lowest BCUT2D eigenvalue weighted by molar-refractivity contribution is -0.651. The smallest absolute Gasteiger partial charge is 0.270 e. The van der Waals surface area contributed by atoms with Gasteiger partial charge in [-0.05, 0) is 64.0 Å². The van der Waals surface area contributed by atoms with Crippen LogP contribution in [0.25, 0.3) is 5.65 Å². The number of carbonyl (C=O) groups excluding carboxylic acids is 3. The maximum absolute atomic E-state index is 14.5. The van der Waals surface area contributed by atoms with Crippen LogP contribution in [-0.4, -0.2) is 45.5 Å². The Balaban J connectivity index is 0.935. The van der Waals surface area contributed by atoms with E-state index in [1.165, 1.54) is 6.07 Å². The minimum atomic E-state index is -0.714. The number of benzene rings is 1. The van der Waals surface area contributed by atoms with Gasteiger partial charge >= 0.3 is 0 Å². The number of aromatic nitrogens is 3. The normalized spacial score (nSPS) is 37.2. The first kappa shape index (κ1) is 21.0. The number of nitrogens with zero attached hydrogens (tertiary/aromatic N) is 3. The Morgan fingerprint density at radius 3 is 2.66 bits per heavy atom. The van der Waals surface area contributed by atoms with Gasteiger partial charge in [-0.1, -0.05) is 13.0 Å². The molecule has 3 aromatic rings. The summed E-state index contributed by atoms with van der Waals surface area (Å²) in [6.07, 6.45) is 0.989. The summed E-state index contributed by atoms with van der Waals surface area (Å²) >= 11 is 0. The van der Waals surface area contributed by atoms with Crippen molar-refractivity contribution < 1.29 is 23.5 Å². The standard InChI is InChI=1S/C27H23FN6O4/c1-26-17-20-18(26)22-19(26)21(17)27(20,22)9-30-25(37)14-5-13(33-23-11(28)7-31-34(14)23)24(36)29-6-10-2-3-15-12(4-10)32-16(35)8-38-15/h2-5,7,17-22H,6,8-9H2,1H3,(H,29,36)(H,30,37)(H,32,35). The number of anilines is 1. The molecule has 6 aliphatic carbocycles. The van der Waals surface area contributed by atoms with Gasteiger partial charge in [-0.25, -0.2) is 13.9 Å². The van der Waals surface area contributed by atoms with E-state index >= 15 is 0 Å². The van der Waals surface area contributed by atoms with Gasteiger partial charge in [0.05, 0.1) is 11.9 Å². The van der Waals surface area contributed by atoms with Gasteiger partial charge in [0.1, 0.15) is 17.1 Å². The molecule has 6 fully saturated rings. The van der Waals surface area contributed by atoms with Crippen molar-refractivity contribution in [1.29, 1.82) is 0 Å². The second-order valence-corrected chi connectivity index (χ2v) is 11.9. The highest BCUT2D eigenvalue weighted by Crippen LogP contribution is 3.10. The summed E-state index contributed by atoms with van der Waals surface area (Å²) in [5.41, 5.74) is 1.94. The fourth-order valence-corrected chi connectivity index (χ4v) is 9.69. The number of carbonyl (C=O) groups is 3. The number of amides is 3. The zero-order valence-corrected chi connectivity index (χ0v) is 20.3. The lowest BCUT2D eigenvalue weighted by Crippen LogP contribution is -3.10. The van der Waals surface area contributed by atoms with Crippen molar-refractivity contribution in [1.82, 2.24) is 25.2 Å². The summed E-state index contributed by atoms with van der Waals surface area (Å²) in [7, 11) is 0. The molecule has 0 bridgehead atoms. The zero-order valence-electron chi connectivity index (χ0n) is 20.3. The average molecular weight is 515 g/mol. The molecule has 6 saturated carbocycles. The minimum absolute atomic E-state index is 0.0397. The van der Waals surface area contributed by atoms with Gasteiger partial charge in [-0.3, -0.25) is 14.4 Å². The van der Waals surface area contributed by atoms with E-state index in [9.17, 15) is 18.8 Å². The van der Waals surface area contributed by atoms with Gasteiger partial charge in [0.25, 0.3) is 17.7 Å². The quantitative estimate of drug-likeness (QED) is 0.459. The largest absolute Gasteiger partial charge is 0.482 e. The molecular formula is C27H23FN6O4. The maximum atomic E-state index is 14.5. The third-order valence-corrected chi connectivity index (χ3v) is 10.9. The van der Waals surface area contributed by atoms with E-state index in [4.69, 9.17) is 4.74 Å². The summed E-state index contributed by atoms with van der Waals surface area (Å²) in [5.74, 6) is 3.51. The molecule has 38 heavy (non-hydrogen) atoms. The number of hydrogen-bond donors (Lipinski definition) is 3. The van der Waals surface area contributed by atoms with E-state index in [1.807, 2.05) is 0 Å². The third kappa shape index (κ3) is 2.06. The molecule has 0 spiro atoms. The van der Waals surface area contributed by atoms with Gasteiger partial charge < -0.3 is 20.7 Å². The topological polar surface area (TPSA) is 127 Å². The van der Waals surface area contributed by atoms with Crippen LogP contribution in [0.1, 0.15) is 33.5 Å². The van der Waals surface area contributed by atoms with Crippen molar-refractivity contribution >= 4 is 29.1 Å². The maximum Gasteiger partial charge on any atom is 0.270 e. The van der Waals surface area contributed by atoms with E-state index in [0.717, 1.165) is 51.8 Å². The number of ether oxygens (including phenoxy) is 1. The molecule has 10 rings (SSSR count). The fourth-order valence-electron chi connectivity index (χ4n) is 9.69. The fraction of sp³-hybridized carbons (Fsp3) is 0.444. The minimum Gasteiger partial charge on any atom is -0.482 e. The summed E-state index contributed by atoms with van der Waals surface area (Å²) in [5, 5.41) is 12.5. The molecular weight excluding hydrogens is 491 g/mol. The number of fused-ring (bicyclic) bond motifs is 2. The zero-order chi connectivity index (χ0) is 25.7. The number of hydrogen-bond acceptors (Lipinski definition) is 6. The van der Waals surface area contributed by atoms with Gasteiger partial charge in [0.2, 0.25) is 0 Å². The van der Waals surface area contributed by atoms with E-state index in [-0.39, 0.29) is 47.4 Å². The lowest BCUT2D eigenvalue weighted by atomic mass is 8.92. The predicted molar refractivity (Wildman–Crippen MR) is 128 cm³/mol. The number of rotatable bonds is 6. The molecule has 3 N–H and O–H groups in total. The van der Waals surface area contributed by atoms with Crippen LogP contribution in [0.5, 0.6) is 5.75 Å². The first-order chi connectivity index (χ1) is 18.3. The van der Waals surface area contributed by atoms with Crippen molar-refractivity contribution in [3.8, 4) is 5.75 Å². The third-order valence-electron chi connectivity index (χ3n) is 10.9. The van der Waals surface area contributed by atoms with Crippen molar-refractivity contribution in [2.45, 2.75) is 13.5 Å². The molecule has 0 radical (unpaired) electrons. The van der Waals surface area contributed by atoms with E-state index in [0.29, 0.717) is 23.4 Å². The Bertz CT molecular complexity index is 1610. The Labute approximate surface area is 215 Å². The van der Waals surface area contributed by atoms with Gasteiger partial charge in [-0.2, -0.15) is 5.10 Å². The van der Waals surface area contributed by atoms with Crippen LogP contribution in [0.3, 0.4) is 0 Å². The average Bonchev–Trinajstić information content (AvgIpc) is 3.31. The Morgan fingerprint density at radius 2 is 1.89 bits per heavy atom. The van der Waals surface area contributed by atoms with Crippen molar-refractivity contribution in [3.63, 3.8) is 0 Å². The molecule has 0 atom stereocenters. The van der Waals surface area contributed by atoms with Crippen molar-refractivity contribution in [3.05, 3.63) is 53.2 Å². The summed E-state index contributed by atoms with van der Waals surface area (Å²) in [4.78, 5) is 42.0. The number of nitrogens with one attached hydrogen (secondary N) is 3. The van der Waals surface area contributed by atoms with Crippen LogP contribution in [0, 0.1) is 52.2 Å². The molecule has 7 aliphatic rings. The van der Waals surface area contributed by atoms with Crippen molar-refractivity contribution in [2.75, 3.05) is 18.5 Å². The van der Waals surface area contributed by atoms with Crippen molar-refractivity contribution in [2.24, 2.45) is 46.3 Å². The first-order valence-electron chi connectivity index (χ1n) is 13.0. The molecule has 0 saturated heterocycles. The van der Waals surface area contributed by atoms with Crippen LogP contribution in [0.2, 0.25) is 0 Å².